The van der Waals surface area contributed by atoms with E-state index in [1.165, 1.54) is 12.1 Å². The van der Waals surface area contributed by atoms with E-state index >= 15 is 0 Å². The summed E-state index contributed by atoms with van der Waals surface area (Å²) in [7, 11) is 0. The van der Waals surface area contributed by atoms with Crippen molar-refractivity contribution in [3.05, 3.63) is 35.4 Å². The number of carboxylic acids is 1. The number of carboxylic acid groups (broad SMARTS) is 1. The highest BCUT2D eigenvalue weighted by molar-refractivity contribution is 5.87. The molecule has 0 heterocycles. The maximum absolute atomic E-state index is 11.7. The Hall–Kier alpha value is -1.88. The van der Waals surface area contributed by atoms with E-state index < -0.39 is 11.5 Å². The van der Waals surface area contributed by atoms with Crippen molar-refractivity contribution in [1.29, 1.82) is 0 Å². The molecule has 18 heavy (non-hydrogen) atoms. The highest BCUT2D eigenvalue weighted by atomic mass is 16.4. The number of nitrogens with two attached hydrogens (primary N) is 1. The smallest absolute Gasteiger partial charge is 0.335 e. The Kier molecular flexibility index (Phi) is 4.44. The lowest BCUT2D eigenvalue weighted by molar-refractivity contribution is -0.126. The Morgan fingerprint density at radius 2 is 1.89 bits per heavy atom. The molecule has 1 unspecified atom stereocenters. The van der Waals surface area contributed by atoms with E-state index in [9.17, 15) is 9.59 Å². The molecule has 0 saturated carbocycles. The van der Waals surface area contributed by atoms with Crippen LogP contribution in [-0.2, 0) is 11.3 Å². The van der Waals surface area contributed by atoms with E-state index in [0.29, 0.717) is 13.0 Å². The van der Waals surface area contributed by atoms with Crippen LogP contribution in [-0.4, -0.2) is 22.5 Å². The number of amides is 1. The van der Waals surface area contributed by atoms with E-state index in [1.54, 1.807) is 19.1 Å². The van der Waals surface area contributed by atoms with E-state index in [4.69, 9.17) is 10.8 Å². The zero-order valence-corrected chi connectivity index (χ0v) is 10.6. The van der Waals surface area contributed by atoms with E-state index in [-0.39, 0.29) is 11.5 Å². The fourth-order valence-electron chi connectivity index (χ4n) is 1.31. The van der Waals surface area contributed by atoms with Gasteiger partial charge in [0.25, 0.3) is 0 Å². The summed E-state index contributed by atoms with van der Waals surface area (Å²) in [6.07, 6.45) is 0.552. The Labute approximate surface area is 106 Å². The molecule has 0 radical (unpaired) electrons. The van der Waals surface area contributed by atoms with Gasteiger partial charge in [-0.1, -0.05) is 19.1 Å². The Morgan fingerprint density at radius 1 is 1.33 bits per heavy atom. The molecular formula is C13H18N2O3. The van der Waals surface area contributed by atoms with Gasteiger partial charge in [0.2, 0.25) is 5.91 Å². The summed E-state index contributed by atoms with van der Waals surface area (Å²) >= 11 is 0. The summed E-state index contributed by atoms with van der Waals surface area (Å²) in [6.45, 7) is 3.86. The lowest BCUT2D eigenvalue weighted by atomic mass is 9.99. The van der Waals surface area contributed by atoms with Gasteiger partial charge in [-0.15, -0.1) is 0 Å². The first-order valence-corrected chi connectivity index (χ1v) is 5.76. The predicted molar refractivity (Wildman–Crippen MR) is 68.1 cm³/mol. The lowest BCUT2D eigenvalue weighted by Crippen LogP contribution is -2.50. The molecule has 5 nitrogen and oxygen atoms in total. The molecule has 0 aromatic heterocycles. The van der Waals surface area contributed by atoms with Gasteiger partial charge < -0.3 is 16.2 Å². The van der Waals surface area contributed by atoms with Gasteiger partial charge in [0.05, 0.1) is 11.1 Å². The first-order chi connectivity index (χ1) is 8.36. The average molecular weight is 250 g/mol. The molecule has 0 aliphatic heterocycles. The van der Waals surface area contributed by atoms with Gasteiger partial charge in [-0.2, -0.15) is 0 Å². The predicted octanol–water partition coefficient (Wildman–Crippen LogP) is 1.13. The molecule has 0 saturated heterocycles. The van der Waals surface area contributed by atoms with Crippen LogP contribution in [0, 0.1) is 0 Å². The third kappa shape index (κ3) is 3.56. The molecule has 1 atom stereocenters. The van der Waals surface area contributed by atoms with Gasteiger partial charge in [0.1, 0.15) is 0 Å². The van der Waals surface area contributed by atoms with Gasteiger partial charge >= 0.3 is 5.97 Å². The Balaban J connectivity index is 2.59. The van der Waals surface area contributed by atoms with Crippen LogP contribution in [0.15, 0.2) is 24.3 Å². The second-order valence-corrected chi connectivity index (χ2v) is 4.46. The van der Waals surface area contributed by atoms with Gasteiger partial charge in [-0.05, 0) is 31.0 Å². The molecule has 0 aliphatic carbocycles. The van der Waals surface area contributed by atoms with Crippen LogP contribution in [0.1, 0.15) is 36.2 Å². The zero-order valence-electron chi connectivity index (χ0n) is 10.6. The standard InChI is InChI=1S/C13H18N2O3/c1-3-13(2,14)12(18)15-8-9-4-6-10(7-5-9)11(16)17/h4-7H,3,8,14H2,1-2H3,(H,15,18)(H,16,17). The van der Waals surface area contributed by atoms with Gasteiger partial charge in [-0.3, -0.25) is 4.79 Å². The second-order valence-electron chi connectivity index (χ2n) is 4.46. The normalized spacial score (nSPS) is 13.7. The molecular weight excluding hydrogens is 232 g/mol. The number of rotatable bonds is 5. The van der Waals surface area contributed by atoms with Gasteiger partial charge in [0.15, 0.2) is 0 Å². The van der Waals surface area contributed by atoms with Crippen LogP contribution in [0.25, 0.3) is 0 Å². The summed E-state index contributed by atoms with van der Waals surface area (Å²) in [6, 6.07) is 6.35. The van der Waals surface area contributed by atoms with Crippen molar-refractivity contribution in [2.75, 3.05) is 0 Å². The minimum absolute atomic E-state index is 0.215. The molecule has 0 aliphatic rings. The summed E-state index contributed by atoms with van der Waals surface area (Å²) in [4.78, 5) is 22.4. The van der Waals surface area contributed by atoms with E-state index in [0.717, 1.165) is 5.56 Å². The monoisotopic (exact) mass is 250 g/mol. The topological polar surface area (TPSA) is 92.4 Å². The van der Waals surface area contributed by atoms with Crippen molar-refractivity contribution in [2.45, 2.75) is 32.4 Å². The molecule has 1 rings (SSSR count). The fourth-order valence-corrected chi connectivity index (χ4v) is 1.31. The zero-order chi connectivity index (χ0) is 13.8. The average Bonchev–Trinajstić information content (AvgIpc) is 2.36. The molecule has 1 aromatic rings. The number of nitrogens with one attached hydrogen (secondary N) is 1. The largest absolute Gasteiger partial charge is 0.478 e. The number of carbonyl (C=O) groups is 2. The molecule has 1 aromatic carbocycles. The minimum atomic E-state index is -0.967. The quantitative estimate of drug-likeness (QED) is 0.730. The SMILES string of the molecule is CCC(C)(N)C(=O)NCc1ccc(C(=O)O)cc1. The van der Waals surface area contributed by atoms with Crippen molar-refractivity contribution in [3.8, 4) is 0 Å². The van der Waals surface area contributed by atoms with Crippen molar-refractivity contribution in [3.63, 3.8) is 0 Å². The molecule has 4 N–H and O–H groups in total. The second kappa shape index (κ2) is 5.64. The van der Waals surface area contributed by atoms with Crippen LogP contribution >= 0.6 is 0 Å². The van der Waals surface area contributed by atoms with Gasteiger partial charge in [-0.25, -0.2) is 4.79 Å². The fraction of sp³-hybridized carbons (Fsp3) is 0.385. The third-order valence-electron chi connectivity index (χ3n) is 2.91. The highest BCUT2D eigenvalue weighted by Gasteiger charge is 2.25. The third-order valence-corrected chi connectivity index (χ3v) is 2.91. The Bertz CT molecular complexity index is 438. The van der Waals surface area contributed by atoms with Crippen molar-refractivity contribution in [2.24, 2.45) is 5.73 Å². The van der Waals surface area contributed by atoms with Gasteiger partial charge in [0, 0.05) is 6.54 Å². The summed E-state index contributed by atoms with van der Waals surface area (Å²) < 4.78 is 0. The van der Waals surface area contributed by atoms with E-state index in [2.05, 4.69) is 5.32 Å². The number of benzene rings is 1. The number of carbonyl (C=O) groups excluding carboxylic acids is 1. The maximum Gasteiger partial charge on any atom is 0.335 e. The number of aromatic carboxylic acids is 1. The van der Waals surface area contributed by atoms with Crippen LogP contribution in [0.3, 0.4) is 0 Å². The lowest BCUT2D eigenvalue weighted by Gasteiger charge is -2.21. The molecule has 0 spiro atoms. The first-order valence-electron chi connectivity index (χ1n) is 5.76. The number of hydrogen-bond donors (Lipinski definition) is 3. The molecule has 5 heteroatoms. The summed E-state index contributed by atoms with van der Waals surface area (Å²) in [5.41, 5.74) is 5.98. The molecule has 0 bridgehead atoms. The van der Waals surface area contributed by atoms with Crippen molar-refractivity contribution in [1.82, 2.24) is 5.32 Å². The van der Waals surface area contributed by atoms with Crippen LogP contribution < -0.4 is 11.1 Å². The van der Waals surface area contributed by atoms with Crippen LogP contribution in [0.5, 0.6) is 0 Å². The summed E-state index contributed by atoms with van der Waals surface area (Å²) in [5, 5.41) is 11.5. The summed E-state index contributed by atoms with van der Waals surface area (Å²) in [5.74, 6) is -1.18. The molecule has 1 amide bonds. The molecule has 0 fully saturated rings. The highest BCUT2D eigenvalue weighted by Crippen LogP contribution is 2.07. The number of hydrogen-bond acceptors (Lipinski definition) is 3. The van der Waals surface area contributed by atoms with Crippen LogP contribution in [0.2, 0.25) is 0 Å². The van der Waals surface area contributed by atoms with E-state index in [1.807, 2.05) is 6.92 Å². The molecule has 98 valence electrons. The first kappa shape index (κ1) is 14.2. The van der Waals surface area contributed by atoms with Crippen LogP contribution in [0.4, 0.5) is 0 Å². The Morgan fingerprint density at radius 3 is 2.33 bits per heavy atom. The van der Waals surface area contributed by atoms with Crippen molar-refractivity contribution >= 4 is 11.9 Å². The van der Waals surface area contributed by atoms with Crippen molar-refractivity contribution < 1.29 is 14.7 Å². The minimum Gasteiger partial charge on any atom is -0.478 e. The maximum atomic E-state index is 11.7.